The van der Waals surface area contributed by atoms with Crippen molar-refractivity contribution in [2.24, 2.45) is 0 Å². The fourth-order valence-corrected chi connectivity index (χ4v) is 2.04. The molecule has 1 aromatic heterocycles. The minimum Gasteiger partial charge on any atom is -0.346 e. The monoisotopic (exact) mass is 260 g/mol. The molecule has 0 bridgehead atoms. The van der Waals surface area contributed by atoms with E-state index in [1.54, 1.807) is 13.1 Å². The maximum absolute atomic E-state index is 13.0. The van der Waals surface area contributed by atoms with Gasteiger partial charge in [0, 0.05) is 12.7 Å². The Hall–Kier alpha value is -1.01. The summed E-state index contributed by atoms with van der Waals surface area (Å²) < 4.78 is 38.8. The van der Waals surface area contributed by atoms with Gasteiger partial charge in [-0.15, -0.1) is 0 Å². The van der Waals surface area contributed by atoms with E-state index in [2.05, 4.69) is 5.10 Å². The number of rotatable bonds is 3. The first-order valence-electron chi connectivity index (χ1n) is 6.20. The van der Waals surface area contributed by atoms with Crippen LogP contribution >= 0.6 is 0 Å². The Morgan fingerprint density at radius 1 is 1.39 bits per heavy atom. The summed E-state index contributed by atoms with van der Waals surface area (Å²) in [7, 11) is 0. The number of hydrogen-bond donors (Lipinski definition) is 0. The largest absolute Gasteiger partial charge is 0.346 e. The van der Waals surface area contributed by atoms with Crippen molar-refractivity contribution in [2.75, 3.05) is 13.2 Å². The minimum absolute atomic E-state index is 0.249. The van der Waals surface area contributed by atoms with E-state index in [1.807, 2.05) is 6.92 Å². The number of alkyl halides is 2. The molecule has 2 heterocycles. The Kier molecular flexibility index (Phi) is 3.97. The van der Waals surface area contributed by atoms with Crippen molar-refractivity contribution in [1.82, 2.24) is 9.78 Å². The molecular weight excluding hydrogens is 242 g/mol. The summed E-state index contributed by atoms with van der Waals surface area (Å²) in [6, 6.07) is 0. The molecule has 1 aliphatic rings. The molecule has 1 aromatic rings. The van der Waals surface area contributed by atoms with E-state index in [0.717, 1.165) is 12.8 Å². The van der Waals surface area contributed by atoms with Crippen molar-refractivity contribution in [3.63, 3.8) is 0 Å². The van der Waals surface area contributed by atoms with Crippen molar-refractivity contribution in [1.29, 1.82) is 0 Å². The lowest BCUT2D eigenvalue weighted by Crippen LogP contribution is -2.29. The van der Waals surface area contributed by atoms with E-state index in [0.29, 0.717) is 25.3 Å². The fraction of sp³-hybridized carbons (Fsp3) is 0.750. The van der Waals surface area contributed by atoms with Gasteiger partial charge in [-0.05, 0) is 26.7 Å². The van der Waals surface area contributed by atoms with Crippen molar-refractivity contribution >= 4 is 0 Å². The second-order valence-corrected chi connectivity index (χ2v) is 4.43. The highest BCUT2D eigenvalue weighted by Gasteiger charge is 2.37. The number of nitrogens with zero attached hydrogens (tertiary/aromatic N) is 2. The zero-order valence-electron chi connectivity index (χ0n) is 10.7. The third-order valence-corrected chi connectivity index (χ3v) is 3.10. The number of aryl methyl sites for hydroxylation is 1. The average molecular weight is 260 g/mol. The summed E-state index contributed by atoms with van der Waals surface area (Å²) in [5.41, 5.74) is 0.0856. The molecular formula is C12H18F2N2O2. The molecule has 0 amide bonds. The second kappa shape index (κ2) is 5.32. The van der Waals surface area contributed by atoms with E-state index in [1.165, 1.54) is 4.68 Å². The standard InChI is InChI=1S/C12H18F2N2O2/c1-3-16-8-9(10(15-16)11(13)14)12(2)17-6-4-5-7-18-12/h8,11H,3-7H2,1-2H3. The lowest BCUT2D eigenvalue weighted by molar-refractivity contribution is -0.222. The number of halogens is 2. The minimum atomic E-state index is -2.62. The predicted molar refractivity (Wildman–Crippen MR) is 61.3 cm³/mol. The van der Waals surface area contributed by atoms with Crippen LogP contribution in [0.5, 0.6) is 0 Å². The van der Waals surface area contributed by atoms with Crippen LogP contribution in [-0.2, 0) is 21.8 Å². The lowest BCUT2D eigenvalue weighted by Gasteiger charge is -2.27. The van der Waals surface area contributed by atoms with Crippen molar-refractivity contribution in [3.05, 3.63) is 17.5 Å². The normalized spacial score (nSPS) is 20.1. The molecule has 0 radical (unpaired) electrons. The fourth-order valence-electron chi connectivity index (χ4n) is 2.04. The zero-order valence-corrected chi connectivity index (χ0v) is 10.7. The van der Waals surface area contributed by atoms with Gasteiger partial charge in [0.1, 0.15) is 5.69 Å². The van der Waals surface area contributed by atoms with E-state index < -0.39 is 12.2 Å². The maximum atomic E-state index is 13.0. The van der Waals surface area contributed by atoms with Gasteiger partial charge in [0.25, 0.3) is 6.43 Å². The van der Waals surface area contributed by atoms with Crippen LogP contribution in [0.15, 0.2) is 6.20 Å². The van der Waals surface area contributed by atoms with Crippen LogP contribution in [-0.4, -0.2) is 23.0 Å². The summed E-state index contributed by atoms with van der Waals surface area (Å²) in [5.74, 6) is -1.12. The van der Waals surface area contributed by atoms with Crippen molar-refractivity contribution in [3.8, 4) is 0 Å². The molecule has 1 aliphatic heterocycles. The van der Waals surface area contributed by atoms with Gasteiger partial charge < -0.3 is 9.47 Å². The summed E-state index contributed by atoms with van der Waals surface area (Å²) in [5, 5.41) is 3.89. The highest BCUT2D eigenvalue weighted by atomic mass is 19.3. The molecule has 0 aliphatic carbocycles. The molecule has 0 spiro atoms. The second-order valence-electron chi connectivity index (χ2n) is 4.43. The smallest absolute Gasteiger partial charge is 0.282 e. The quantitative estimate of drug-likeness (QED) is 0.838. The van der Waals surface area contributed by atoms with Gasteiger partial charge in [0.15, 0.2) is 5.79 Å². The molecule has 1 saturated heterocycles. The van der Waals surface area contributed by atoms with Gasteiger partial charge in [-0.25, -0.2) is 8.78 Å². The Bertz CT molecular complexity index is 399. The molecule has 6 heteroatoms. The SMILES string of the molecule is CCn1cc(C2(C)OCCCCO2)c(C(F)F)n1. The van der Waals surface area contributed by atoms with Crippen LogP contribution < -0.4 is 0 Å². The third kappa shape index (κ3) is 2.54. The Morgan fingerprint density at radius 3 is 2.50 bits per heavy atom. The van der Waals surface area contributed by atoms with Gasteiger partial charge in [-0.3, -0.25) is 4.68 Å². The topological polar surface area (TPSA) is 36.3 Å². The molecule has 0 aromatic carbocycles. The third-order valence-electron chi connectivity index (χ3n) is 3.10. The Morgan fingerprint density at radius 2 is 2.00 bits per heavy atom. The van der Waals surface area contributed by atoms with Crippen molar-refractivity contribution in [2.45, 2.75) is 45.4 Å². The van der Waals surface area contributed by atoms with Crippen molar-refractivity contribution < 1.29 is 18.3 Å². The first-order chi connectivity index (χ1) is 8.57. The molecule has 0 saturated carbocycles. The van der Waals surface area contributed by atoms with Crippen LogP contribution in [0, 0.1) is 0 Å². The number of ether oxygens (including phenoxy) is 2. The highest BCUT2D eigenvalue weighted by molar-refractivity contribution is 5.23. The van der Waals surface area contributed by atoms with E-state index >= 15 is 0 Å². The molecule has 4 nitrogen and oxygen atoms in total. The summed E-state index contributed by atoms with van der Waals surface area (Å²) in [4.78, 5) is 0. The van der Waals surface area contributed by atoms with Gasteiger partial charge in [-0.2, -0.15) is 5.10 Å². The van der Waals surface area contributed by atoms with Gasteiger partial charge in [-0.1, -0.05) is 0 Å². The number of aromatic nitrogens is 2. The van der Waals surface area contributed by atoms with E-state index in [-0.39, 0.29) is 5.69 Å². The number of hydrogen-bond acceptors (Lipinski definition) is 3. The van der Waals surface area contributed by atoms with Crippen LogP contribution in [0.1, 0.15) is 44.4 Å². The summed E-state index contributed by atoms with van der Waals surface area (Å²) >= 11 is 0. The van der Waals surface area contributed by atoms with E-state index in [9.17, 15) is 8.78 Å². The molecule has 1 fully saturated rings. The van der Waals surface area contributed by atoms with Crippen LogP contribution in [0.4, 0.5) is 8.78 Å². The molecule has 0 atom stereocenters. The predicted octanol–water partition coefficient (Wildman–Crippen LogP) is 2.84. The Labute approximate surface area is 105 Å². The molecule has 2 rings (SSSR count). The van der Waals surface area contributed by atoms with Gasteiger partial charge >= 0.3 is 0 Å². The molecule has 0 N–H and O–H groups in total. The van der Waals surface area contributed by atoms with Gasteiger partial charge in [0.2, 0.25) is 0 Å². The van der Waals surface area contributed by atoms with E-state index in [4.69, 9.17) is 9.47 Å². The first-order valence-corrected chi connectivity index (χ1v) is 6.20. The summed E-state index contributed by atoms with van der Waals surface area (Å²) in [6.45, 7) is 5.09. The lowest BCUT2D eigenvalue weighted by atomic mass is 10.1. The Balaban J connectivity index is 2.37. The molecule has 102 valence electrons. The maximum Gasteiger partial charge on any atom is 0.282 e. The average Bonchev–Trinajstić information content (AvgIpc) is 2.67. The van der Waals surface area contributed by atoms with Crippen LogP contribution in [0.25, 0.3) is 0 Å². The molecule has 18 heavy (non-hydrogen) atoms. The first kappa shape index (κ1) is 13.4. The summed E-state index contributed by atoms with van der Waals surface area (Å²) in [6.07, 6.45) is 0.718. The molecule has 0 unspecified atom stereocenters. The highest BCUT2D eigenvalue weighted by Crippen LogP contribution is 2.35. The zero-order chi connectivity index (χ0) is 13.2. The van der Waals surface area contributed by atoms with Crippen LogP contribution in [0.3, 0.4) is 0 Å². The van der Waals surface area contributed by atoms with Gasteiger partial charge in [0.05, 0.1) is 18.8 Å². The van der Waals surface area contributed by atoms with Crippen LogP contribution in [0.2, 0.25) is 0 Å².